The van der Waals surface area contributed by atoms with Crippen LogP contribution in [0.3, 0.4) is 0 Å². The quantitative estimate of drug-likeness (QED) is 0.849. The first kappa shape index (κ1) is 18.1. The Balaban J connectivity index is 3.24. The Morgan fingerprint density at radius 2 is 1.86 bits per heavy atom. The van der Waals surface area contributed by atoms with Gasteiger partial charge in [0.25, 0.3) is 5.91 Å². The van der Waals surface area contributed by atoms with Gasteiger partial charge in [0.1, 0.15) is 0 Å². The van der Waals surface area contributed by atoms with Gasteiger partial charge >= 0.3 is 0 Å². The molecule has 1 rings (SSSR count). The van der Waals surface area contributed by atoms with Gasteiger partial charge in [-0.2, -0.15) is 0 Å². The van der Waals surface area contributed by atoms with Gasteiger partial charge in [0.15, 0.2) is 0 Å². The predicted molar refractivity (Wildman–Crippen MR) is 86.6 cm³/mol. The molecule has 0 aliphatic rings. The second-order valence-electron chi connectivity index (χ2n) is 6.18. The lowest BCUT2D eigenvalue weighted by molar-refractivity contribution is 0.0909. The molecule has 0 aliphatic carbocycles. The molecule has 1 atom stereocenters. The summed E-state index contributed by atoms with van der Waals surface area (Å²) in [7, 11) is -3.86. The summed E-state index contributed by atoms with van der Waals surface area (Å²) in [6, 6.07) is 2.63. The number of amides is 1. The van der Waals surface area contributed by atoms with Crippen LogP contribution < -0.4 is 10.5 Å². The summed E-state index contributed by atoms with van der Waals surface area (Å²) in [5.41, 5.74) is 0.865. The molecular formula is C14H21BrN2O3S. The number of carbonyl (C=O) groups is 1. The van der Waals surface area contributed by atoms with Crippen molar-refractivity contribution in [2.75, 3.05) is 0 Å². The molecule has 3 N–H and O–H groups in total. The monoisotopic (exact) mass is 376 g/mol. The van der Waals surface area contributed by atoms with Crippen molar-refractivity contribution in [2.24, 2.45) is 10.6 Å². The molecule has 0 saturated heterocycles. The van der Waals surface area contributed by atoms with E-state index in [1.807, 2.05) is 27.7 Å². The topological polar surface area (TPSA) is 89.3 Å². The lowest BCUT2D eigenvalue weighted by Gasteiger charge is -2.28. The molecule has 5 nitrogen and oxygen atoms in total. The zero-order chi connectivity index (χ0) is 16.6. The van der Waals surface area contributed by atoms with Crippen molar-refractivity contribution >= 4 is 31.9 Å². The number of hydrogen-bond acceptors (Lipinski definition) is 3. The molecule has 21 heavy (non-hydrogen) atoms. The molecule has 0 bridgehead atoms. The maximum Gasteiger partial charge on any atom is 0.251 e. The lowest BCUT2D eigenvalue weighted by Crippen LogP contribution is -2.41. The Morgan fingerprint density at radius 3 is 2.29 bits per heavy atom. The zero-order valence-electron chi connectivity index (χ0n) is 12.8. The van der Waals surface area contributed by atoms with Crippen molar-refractivity contribution in [3.05, 3.63) is 27.7 Å². The van der Waals surface area contributed by atoms with Crippen LogP contribution in [0.15, 0.2) is 21.5 Å². The number of primary sulfonamides is 1. The molecule has 0 spiro atoms. The molecule has 1 amide bonds. The molecule has 0 saturated carbocycles. The molecule has 1 aromatic rings. The van der Waals surface area contributed by atoms with E-state index < -0.39 is 10.0 Å². The van der Waals surface area contributed by atoms with Gasteiger partial charge in [0, 0.05) is 16.1 Å². The molecule has 0 aromatic heterocycles. The zero-order valence-corrected chi connectivity index (χ0v) is 15.2. The Kier molecular flexibility index (Phi) is 5.23. The average Bonchev–Trinajstić information content (AvgIpc) is 2.29. The highest BCUT2D eigenvalue weighted by Gasteiger charge is 2.24. The van der Waals surface area contributed by atoms with Gasteiger partial charge in [-0.1, -0.05) is 36.7 Å². The molecule has 7 heteroatoms. The number of carbonyl (C=O) groups excluding carboxylic acids is 1. The SMILES string of the molecule is Cc1c(Br)cc(S(N)(=O)=O)cc1C(=O)NC(C)C(C)(C)C. The van der Waals surface area contributed by atoms with E-state index in [0.29, 0.717) is 15.6 Å². The molecule has 1 unspecified atom stereocenters. The summed E-state index contributed by atoms with van der Waals surface area (Å²) in [5.74, 6) is -0.318. The van der Waals surface area contributed by atoms with Crippen molar-refractivity contribution in [1.82, 2.24) is 5.32 Å². The normalized spacial score (nSPS) is 13.9. The molecule has 0 radical (unpaired) electrons. The van der Waals surface area contributed by atoms with Crippen molar-refractivity contribution in [1.29, 1.82) is 0 Å². The smallest absolute Gasteiger partial charge is 0.251 e. The Bertz CT molecular complexity index is 664. The summed E-state index contributed by atoms with van der Waals surface area (Å²) in [6.45, 7) is 9.70. The van der Waals surface area contributed by atoms with E-state index in [1.165, 1.54) is 12.1 Å². The van der Waals surface area contributed by atoms with Crippen molar-refractivity contribution < 1.29 is 13.2 Å². The summed E-state index contributed by atoms with van der Waals surface area (Å²) in [4.78, 5) is 12.3. The minimum atomic E-state index is -3.86. The fourth-order valence-corrected chi connectivity index (χ4v) is 2.72. The van der Waals surface area contributed by atoms with Gasteiger partial charge in [0.05, 0.1) is 4.90 Å². The van der Waals surface area contributed by atoms with Gasteiger partial charge in [-0.15, -0.1) is 0 Å². The van der Waals surface area contributed by atoms with Crippen molar-refractivity contribution in [3.63, 3.8) is 0 Å². The first-order chi connectivity index (χ1) is 9.34. The second-order valence-corrected chi connectivity index (χ2v) is 8.60. The molecular weight excluding hydrogens is 356 g/mol. The maximum absolute atomic E-state index is 12.4. The Hall–Kier alpha value is -0.920. The first-order valence-electron chi connectivity index (χ1n) is 6.48. The minimum absolute atomic E-state index is 0.0682. The highest BCUT2D eigenvalue weighted by molar-refractivity contribution is 9.10. The van der Waals surface area contributed by atoms with Crippen LogP contribution in [-0.2, 0) is 10.0 Å². The van der Waals surface area contributed by atoms with E-state index >= 15 is 0 Å². The highest BCUT2D eigenvalue weighted by Crippen LogP contribution is 2.25. The van der Waals surface area contributed by atoms with E-state index in [2.05, 4.69) is 21.2 Å². The van der Waals surface area contributed by atoms with E-state index in [-0.39, 0.29) is 22.3 Å². The third-order valence-electron chi connectivity index (χ3n) is 3.54. The van der Waals surface area contributed by atoms with Crippen LogP contribution in [0.2, 0.25) is 0 Å². The van der Waals surface area contributed by atoms with Crippen molar-refractivity contribution in [3.8, 4) is 0 Å². The van der Waals surface area contributed by atoms with Crippen LogP contribution >= 0.6 is 15.9 Å². The van der Waals surface area contributed by atoms with Crippen LogP contribution in [0.5, 0.6) is 0 Å². The largest absolute Gasteiger partial charge is 0.349 e. The maximum atomic E-state index is 12.4. The van der Waals surface area contributed by atoms with Gasteiger partial charge in [-0.05, 0) is 37.0 Å². The molecule has 0 fully saturated rings. The van der Waals surface area contributed by atoms with E-state index in [1.54, 1.807) is 6.92 Å². The number of halogens is 1. The van der Waals surface area contributed by atoms with Crippen LogP contribution in [0.4, 0.5) is 0 Å². The third-order valence-corrected chi connectivity index (χ3v) is 5.25. The average molecular weight is 377 g/mol. The number of nitrogens with one attached hydrogen (secondary N) is 1. The number of rotatable bonds is 3. The number of hydrogen-bond donors (Lipinski definition) is 2. The number of sulfonamides is 1. The molecule has 0 heterocycles. The Morgan fingerprint density at radius 1 is 1.33 bits per heavy atom. The van der Waals surface area contributed by atoms with Crippen LogP contribution in [0, 0.1) is 12.3 Å². The van der Waals surface area contributed by atoms with Crippen LogP contribution in [0.1, 0.15) is 43.6 Å². The number of benzene rings is 1. The van der Waals surface area contributed by atoms with Gasteiger partial charge in [0.2, 0.25) is 10.0 Å². The third kappa shape index (κ3) is 4.52. The van der Waals surface area contributed by atoms with E-state index in [4.69, 9.17) is 5.14 Å². The van der Waals surface area contributed by atoms with Crippen LogP contribution in [-0.4, -0.2) is 20.4 Å². The molecule has 118 valence electrons. The van der Waals surface area contributed by atoms with Gasteiger partial charge in [-0.25, -0.2) is 13.6 Å². The lowest BCUT2D eigenvalue weighted by atomic mass is 9.88. The van der Waals surface area contributed by atoms with Gasteiger partial charge < -0.3 is 5.32 Å². The summed E-state index contributed by atoms with van der Waals surface area (Å²) < 4.78 is 23.5. The summed E-state index contributed by atoms with van der Waals surface area (Å²) in [5, 5.41) is 8.02. The minimum Gasteiger partial charge on any atom is -0.349 e. The summed E-state index contributed by atoms with van der Waals surface area (Å²) in [6.07, 6.45) is 0. The van der Waals surface area contributed by atoms with Crippen molar-refractivity contribution in [2.45, 2.75) is 45.6 Å². The molecule has 1 aromatic carbocycles. The molecule has 0 aliphatic heterocycles. The van der Waals surface area contributed by atoms with E-state index in [9.17, 15) is 13.2 Å². The summed E-state index contributed by atoms with van der Waals surface area (Å²) >= 11 is 3.26. The number of nitrogens with two attached hydrogens (primary N) is 1. The Labute approximate surface area is 134 Å². The predicted octanol–water partition coefficient (Wildman–Crippen LogP) is 2.57. The van der Waals surface area contributed by atoms with E-state index in [0.717, 1.165) is 0 Å². The fourth-order valence-electron chi connectivity index (χ4n) is 1.54. The standard InChI is InChI=1S/C14H21BrN2O3S/c1-8-11(13(18)17-9(2)14(3,4)5)6-10(7-12(8)15)21(16,19)20/h6-7,9H,1-5H3,(H,17,18)(H2,16,19,20). The van der Waals surface area contributed by atoms with Crippen LogP contribution in [0.25, 0.3) is 0 Å². The van der Waals surface area contributed by atoms with Gasteiger partial charge in [-0.3, -0.25) is 4.79 Å². The second kappa shape index (κ2) is 6.06. The highest BCUT2D eigenvalue weighted by atomic mass is 79.9. The first-order valence-corrected chi connectivity index (χ1v) is 8.81. The fraction of sp³-hybridized carbons (Fsp3) is 0.500.